The lowest BCUT2D eigenvalue weighted by Crippen LogP contribution is -2.52. The van der Waals surface area contributed by atoms with Crippen LogP contribution in [0.25, 0.3) is 0 Å². The standard InChI is InChI=1S/C11H15NO/c12-6-11-3-7-1-8(4-11)10(13)9(2-7)5-11/h7-10,13H,1-5H2. The van der Waals surface area contributed by atoms with Gasteiger partial charge in [0.25, 0.3) is 0 Å². The number of nitriles is 1. The minimum Gasteiger partial charge on any atom is -0.393 e. The summed E-state index contributed by atoms with van der Waals surface area (Å²) in [6.45, 7) is 0. The Morgan fingerprint density at radius 1 is 1.15 bits per heavy atom. The maximum Gasteiger partial charge on any atom is 0.0690 e. The van der Waals surface area contributed by atoms with Gasteiger partial charge in [0, 0.05) is 0 Å². The van der Waals surface area contributed by atoms with Crippen molar-refractivity contribution in [2.24, 2.45) is 23.2 Å². The average Bonchev–Trinajstić information content (AvgIpc) is 2.13. The van der Waals surface area contributed by atoms with Gasteiger partial charge in [-0.05, 0) is 49.9 Å². The predicted octanol–water partition coefficient (Wildman–Crippen LogP) is 1.70. The molecule has 2 nitrogen and oxygen atoms in total. The van der Waals surface area contributed by atoms with Crippen molar-refractivity contribution >= 4 is 0 Å². The van der Waals surface area contributed by atoms with Crippen molar-refractivity contribution in [3.63, 3.8) is 0 Å². The first-order valence-electron chi connectivity index (χ1n) is 5.32. The Labute approximate surface area is 78.6 Å². The van der Waals surface area contributed by atoms with Gasteiger partial charge in [0.05, 0.1) is 17.6 Å². The van der Waals surface area contributed by atoms with E-state index in [9.17, 15) is 10.4 Å². The van der Waals surface area contributed by atoms with Crippen LogP contribution in [0.1, 0.15) is 32.1 Å². The van der Waals surface area contributed by atoms with Crippen LogP contribution in [0.4, 0.5) is 0 Å². The molecule has 0 aliphatic heterocycles. The molecule has 0 spiro atoms. The Bertz CT molecular complexity index is 264. The zero-order valence-electron chi connectivity index (χ0n) is 7.74. The van der Waals surface area contributed by atoms with Gasteiger partial charge in [0.1, 0.15) is 0 Å². The van der Waals surface area contributed by atoms with Gasteiger partial charge in [0.15, 0.2) is 0 Å². The summed E-state index contributed by atoms with van der Waals surface area (Å²) in [5.41, 5.74) is -0.0320. The van der Waals surface area contributed by atoms with Crippen LogP contribution < -0.4 is 0 Å². The Kier molecular flexibility index (Phi) is 1.37. The number of hydrogen-bond acceptors (Lipinski definition) is 2. The molecule has 4 bridgehead atoms. The highest BCUT2D eigenvalue weighted by atomic mass is 16.3. The van der Waals surface area contributed by atoms with Gasteiger partial charge in [-0.15, -0.1) is 0 Å². The van der Waals surface area contributed by atoms with Crippen molar-refractivity contribution < 1.29 is 5.11 Å². The number of aliphatic hydroxyl groups excluding tert-OH is 1. The molecule has 4 saturated carbocycles. The third kappa shape index (κ3) is 0.914. The summed E-state index contributed by atoms with van der Waals surface area (Å²) >= 11 is 0. The molecule has 4 aliphatic carbocycles. The van der Waals surface area contributed by atoms with Crippen LogP contribution in [0.3, 0.4) is 0 Å². The summed E-state index contributed by atoms with van der Waals surface area (Å²) in [4.78, 5) is 0. The molecule has 4 aliphatic rings. The van der Waals surface area contributed by atoms with Crippen molar-refractivity contribution in [2.75, 3.05) is 0 Å². The van der Waals surface area contributed by atoms with E-state index in [2.05, 4.69) is 6.07 Å². The number of aliphatic hydroxyl groups is 1. The Balaban J connectivity index is 1.97. The quantitative estimate of drug-likeness (QED) is 0.612. The highest BCUT2D eigenvalue weighted by Gasteiger charge is 2.55. The normalized spacial score (nSPS) is 57.8. The van der Waals surface area contributed by atoms with Gasteiger partial charge in [0.2, 0.25) is 0 Å². The van der Waals surface area contributed by atoms with Crippen LogP contribution in [-0.4, -0.2) is 11.2 Å². The molecule has 0 radical (unpaired) electrons. The Hall–Kier alpha value is -0.550. The third-order valence-corrected chi connectivity index (χ3v) is 4.46. The van der Waals surface area contributed by atoms with E-state index >= 15 is 0 Å². The zero-order valence-corrected chi connectivity index (χ0v) is 7.74. The molecule has 2 unspecified atom stereocenters. The molecule has 0 aromatic carbocycles. The summed E-state index contributed by atoms with van der Waals surface area (Å²) in [5, 5.41) is 19.1. The van der Waals surface area contributed by atoms with E-state index in [4.69, 9.17) is 0 Å². The van der Waals surface area contributed by atoms with Crippen molar-refractivity contribution in [1.29, 1.82) is 5.26 Å². The topological polar surface area (TPSA) is 44.0 Å². The van der Waals surface area contributed by atoms with Gasteiger partial charge in [-0.1, -0.05) is 0 Å². The fraction of sp³-hybridized carbons (Fsp3) is 0.909. The van der Waals surface area contributed by atoms with E-state index in [1.165, 1.54) is 12.8 Å². The summed E-state index contributed by atoms with van der Waals surface area (Å²) < 4.78 is 0. The van der Waals surface area contributed by atoms with E-state index in [0.717, 1.165) is 25.2 Å². The van der Waals surface area contributed by atoms with E-state index in [1.807, 2.05) is 0 Å². The first-order chi connectivity index (χ1) is 6.22. The summed E-state index contributed by atoms with van der Waals surface area (Å²) in [7, 11) is 0. The first-order valence-corrected chi connectivity index (χ1v) is 5.32. The summed E-state index contributed by atoms with van der Waals surface area (Å²) in [6, 6.07) is 2.52. The van der Waals surface area contributed by atoms with Crippen LogP contribution in [-0.2, 0) is 0 Å². The van der Waals surface area contributed by atoms with Crippen LogP contribution >= 0.6 is 0 Å². The molecule has 2 heteroatoms. The molecule has 70 valence electrons. The van der Waals surface area contributed by atoms with Gasteiger partial charge in [-0.25, -0.2) is 0 Å². The SMILES string of the molecule is N#CC12CC3CC(C1)C(O)C(C3)C2. The van der Waals surface area contributed by atoms with Crippen molar-refractivity contribution in [2.45, 2.75) is 38.2 Å². The molecule has 0 saturated heterocycles. The van der Waals surface area contributed by atoms with E-state index < -0.39 is 0 Å². The second-order valence-electron chi connectivity index (χ2n) is 5.35. The molecule has 0 heterocycles. The molecular weight excluding hydrogens is 162 g/mol. The van der Waals surface area contributed by atoms with E-state index in [-0.39, 0.29) is 11.5 Å². The maximum atomic E-state index is 9.93. The summed E-state index contributed by atoms with van der Waals surface area (Å²) in [5.74, 6) is 1.65. The van der Waals surface area contributed by atoms with Crippen molar-refractivity contribution in [3.8, 4) is 6.07 Å². The molecule has 4 rings (SSSR count). The second kappa shape index (κ2) is 2.27. The fourth-order valence-corrected chi connectivity index (χ4v) is 4.13. The number of rotatable bonds is 0. The van der Waals surface area contributed by atoms with Crippen LogP contribution in [0.2, 0.25) is 0 Å². The van der Waals surface area contributed by atoms with E-state index in [1.54, 1.807) is 0 Å². The number of hydrogen-bond donors (Lipinski definition) is 1. The molecular formula is C11H15NO. The lowest BCUT2D eigenvalue weighted by Gasteiger charge is -2.56. The zero-order chi connectivity index (χ0) is 9.05. The smallest absolute Gasteiger partial charge is 0.0690 e. The fourth-order valence-electron chi connectivity index (χ4n) is 4.13. The highest BCUT2D eigenvalue weighted by molar-refractivity contribution is 5.13. The molecule has 1 N–H and O–H groups in total. The molecule has 0 amide bonds. The Morgan fingerprint density at radius 3 is 2.31 bits per heavy atom. The lowest BCUT2D eigenvalue weighted by molar-refractivity contribution is -0.114. The minimum atomic E-state index is -0.0852. The monoisotopic (exact) mass is 177 g/mol. The van der Waals surface area contributed by atoms with Crippen molar-refractivity contribution in [1.82, 2.24) is 0 Å². The van der Waals surface area contributed by atoms with Crippen LogP contribution in [0.15, 0.2) is 0 Å². The van der Waals surface area contributed by atoms with Crippen LogP contribution in [0.5, 0.6) is 0 Å². The van der Waals surface area contributed by atoms with Gasteiger partial charge in [-0.3, -0.25) is 0 Å². The van der Waals surface area contributed by atoms with Gasteiger partial charge in [-0.2, -0.15) is 5.26 Å². The lowest BCUT2D eigenvalue weighted by atomic mass is 9.49. The first kappa shape index (κ1) is 7.82. The van der Waals surface area contributed by atoms with Crippen LogP contribution in [0, 0.1) is 34.5 Å². The highest BCUT2D eigenvalue weighted by Crippen LogP contribution is 2.59. The Morgan fingerprint density at radius 2 is 1.77 bits per heavy atom. The molecule has 2 atom stereocenters. The second-order valence-corrected chi connectivity index (χ2v) is 5.35. The summed E-state index contributed by atoms with van der Waals surface area (Å²) in [6.07, 6.45) is 5.33. The minimum absolute atomic E-state index is 0.0320. The van der Waals surface area contributed by atoms with Gasteiger partial charge >= 0.3 is 0 Å². The molecule has 4 fully saturated rings. The molecule has 13 heavy (non-hydrogen) atoms. The average molecular weight is 177 g/mol. The van der Waals surface area contributed by atoms with E-state index in [0.29, 0.717) is 11.8 Å². The maximum absolute atomic E-state index is 9.93. The predicted molar refractivity (Wildman–Crippen MR) is 47.6 cm³/mol. The number of nitrogens with zero attached hydrogens (tertiary/aromatic N) is 1. The molecule has 0 aromatic rings. The largest absolute Gasteiger partial charge is 0.393 e. The van der Waals surface area contributed by atoms with Gasteiger partial charge < -0.3 is 5.11 Å². The van der Waals surface area contributed by atoms with Crippen molar-refractivity contribution in [3.05, 3.63) is 0 Å². The molecule has 0 aromatic heterocycles. The third-order valence-electron chi connectivity index (χ3n) is 4.46.